The molecule has 5 amide bonds. The lowest BCUT2D eigenvalue weighted by Crippen LogP contribution is -2.54. The van der Waals surface area contributed by atoms with Crippen molar-refractivity contribution in [1.82, 2.24) is 21.3 Å². The van der Waals surface area contributed by atoms with Gasteiger partial charge in [-0.1, -0.05) is 46.2 Å². The first kappa shape index (κ1) is 55.5. The van der Waals surface area contributed by atoms with E-state index in [4.69, 9.17) is 43.6 Å². The number of rotatable bonds is 41. The molecule has 19 nitrogen and oxygen atoms in total. The lowest BCUT2D eigenvalue weighted by molar-refractivity contribution is -0.132. The summed E-state index contributed by atoms with van der Waals surface area (Å²) in [7, 11) is 0. The zero-order valence-corrected chi connectivity index (χ0v) is 37.0. The predicted octanol–water partition coefficient (Wildman–Crippen LogP) is 1.49. The van der Waals surface area contributed by atoms with E-state index in [2.05, 4.69) is 26.6 Å². The van der Waals surface area contributed by atoms with Crippen molar-refractivity contribution in [3.8, 4) is 0 Å². The van der Waals surface area contributed by atoms with Gasteiger partial charge in [-0.15, -0.1) is 0 Å². The van der Waals surface area contributed by atoms with Crippen molar-refractivity contribution in [3.05, 3.63) is 29.8 Å². The quantitative estimate of drug-likeness (QED) is 0.0364. The van der Waals surface area contributed by atoms with Gasteiger partial charge >= 0.3 is 6.03 Å². The first-order valence-electron chi connectivity index (χ1n) is 21.6. The molecular weight excluding hydrogens is 796 g/mol. The summed E-state index contributed by atoms with van der Waals surface area (Å²) < 4.78 is 43.9. The molecule has 3 atom stereocenters. The minimum absolute atomic E-state index is 0.0354. The Balaban J connectivity index is 2.07. The Kier molecular flexibility index (Phi) is 34.8. The summed E-state index contributed by atoms with van der Waals surface area (Å²) in [6.07, 6.45) is 2.70. The van der Waals surface area contributed by atoms with E-state index in [0.29, 0.717) is 111 Å². The first-order valence-corrected chi connectivity index (χ1v) is 21.6. The molecule has 0 saturated carbocycles. The van der Waals surface area contributed by atoms with Gasteiger partial charge in [-0.05, 0) is 49.3 Å². The Morgan fingerprint density at radius 3 is 1.54 bits per heavy atom. The molecule has 1 unspecified atom stereocenters. The molecule has 0 aromatic heterocycles. The van der Waals surface area contributed by atoms with Gasteiger partial charge in [0.15, 0.2) is 0 Å². The number of aryl methyl sites for hydroxylation is 1. The molecule has 0 saturated heterocycles. The van der Waals surface area contributed by atoms with Crippen LogP contribution in [0.25, 0.3) is 0 Å². The molecule has 0 spiro atoms. The minimum Gasteiger partial charge on any atom is -0.379 e. The van der Waals surface area contributed by atoms with E-state index in [-0.39, 0.29) is 44.4 Å². The average molecular weight is 873 g/mol. The largest absolute Gasteiger partial charge is 0.379 e. The highest BCUT2D eigenvalue weighted by Gasteiger charge is 2.29. The summed E-state index contributed by atoms with van der Waals surface area (Å²) in [5, 5.41) is 23.4. The first-order chi connectivity index (χ1) is 29.6. The van der Waals surface area contributed by atoms with E-state index in [1.807, 2.05) is 26.0 Å². The van der Waals surface area contributed by atoms with Crippen molar-refractivity contribution in [2.24, 2.45) is 11.7 Å². The fourth-order valence-corrected chi connectivity index (χ4v) is 5.36. The Labute approximate surface area is 362 Å². The third-order valence-corrected chi connectivity index (χ3v) is 8.76. The number of aliphatic hydroxyl groups is 1. The van der Waals surface area contributed by atoms with Crippen molar-refractivity contribution in [1.29, 1.82) is 0 Å². The smallest absolute Gasteiger partial charge is 0.312 e. The molecule has 1 aromatic carbocycles. The van der Waals surface area contributed by atoms with Gasteiger partial charge in [0.1, 0.15) is 18.3 Å². The number of primary amides is 1. The number of carbonyl (C=O) groups excluding carboxylic acids is 4. The molecule has 1 aromatic rings. The summed E-state index contributed by atoms with van der Waals surface area (Å²) in [5.74, 6) is -1.54. The predicted molar refractivity (Wildman–Crippen MR) is 230 cm³/mol. The molecule has 0 bridgehead atoms. The molecule has 0 aliphatic heterocycles. The van der Waals surface area contributed by atoms with Crippen LogP contribution in [0.3, 0.4) is 0 Å². The van der Waals surface area contributed by atoms with Crippen LogP contribution in [0.4, 0.5) is 10.5 Å². The molecule has 0 aliphatic rings. The summed E-state index contributed by atoms with van der Waals surface area (Å²) in [6, 6.07) is 4.94. The second-order valence-corrected chi connectivity index (χ2v) is 14.2. The Morgan fingerprint density at radius 1 is 0.623 bits per heavy atom. The van der Waals surface area contributed by atoms with Crippen LogP contribution in [0, 0.1) is 5.92 Å². The summed E-state index contributed by atoms with van der Waals surface area (Å²) in [4.78, 5) is 50.4. The fourth-order valence-electron chi connectivity index (χ4n) is 5.36. The summed E-state index contributed by atoms with van der Waals surface area (Å²) in [6.45, 7) is 15.2. The van der Waals surface area contributed by atoms with Gasteiger partial charge in [0, 0.05) is 25.2 Å². The fraction of sp³-hybridized carbons (Fsp3) is 0.762. The molecule has 61 heavy (non-hydrogen) atoms. The molecule has 0 heterocycles. The number of carbonyl (C=O) groups is 4. The van der Waals surface area contributed by atoms with Crippen LogP contribution < -0.4 is 32.3 Å². The number of amides is 5. The van der Waals surface area contributed by atoms with Gasteiger partial charge in [-0.2, -0.15) is 0 Å². The molecule has 352 valence electrons. The summed E-state index contributed by atoms with van der Waals surface area (Å²) in [5.41, 5.74) is 6.86. The van der Waals surface area contributed by atoms with Crippen LogP contribution in [0.2, 0.25) is 0 Å². The van der Waals surface area contributed by atoms with Crippen LogP contribution >= 0.6 is 0 Å². The summed E-state index contributed by atoms with van der Waals surface area (Å²) >= 11 is 0. The van der Waals surface area contributed by atoms with Gasteiger partial charge in [0.2, 0.25) is 17.7 Å². The molecule has 0 aliphatic carbocycles. The molecule has 8 N–H and O–H groups in total. The Morgan fingerprint density at radius 2 is 1.10 bits per heavy atom. The number of hydrogen-bond acceptors (Lipinski definition) is 14. The number of benzene rings is 1. The SMILES string of the molecule is CCCC(O)NCCOCCOCCOCCOCCOCCOCCOCCOCCC(=O)N[C@H](C(=O)N[C@@H](CCCNC(N)=O)C(=O)Nc1ccc(CC)cc1)C(C)C. The lowest BCUT2D eigenvalue weighted by atomic mass is 10.0. The molecule has 0 fully saturated rings. The highest BCUT2D eigenvalue weighted by molar-refractivity contribution is 5.98. The third kappa shape index (κ3) is 31.9. The second kappa shape index (κ2) is 38.2. The van der Waals surface area contributed by atoms with E-state index in [1.165, 1.54) is 0 Å². The number of nitrogens with one attached hydrogen (secondary N) is 5. The maximum absolute atomic E-state index is 13.3. The van der Waals surface area contributed by atoms with E-state index in [9.17, 15) is 24.3 Å². The van der Waals surface area contributed by atoms with E-state index in [1.54, 1.807) is 26.0 Å². The number of urea groups is 1. The lowest BCUT2D eigenvalue weighted by Gasteiger charge is -2.25. The van der Waals surface area contributed by atoms with Crippen molar-refractivity contribution < 1.29 is 62.2 Å². The van der Waals surface area contributed by atoms with E-state index < -0.39 is 36.2 Å². The molecule has 19 heteroatoms. The normalized spacial score (nSPS) is 12.8. The zero-order valence-electron chi connectivity index (χ0n) is 37.0. The van der Waals surface area contributed by atoms with Gasteiger partial charge in [0.05, 0.1) is 106 Å². The van der Waals surface area contributed by atoms with Crippen LogP contribution in [0.5, 0.6) is 0 Å². The van der Waals surface area contributed by atoms with E-state index >= 15 is 0 Å². The standard InChI is InChI=1S/C42H76N6O13/c1-5-8-37(49)44-16-18-55-20-22-57-24-26-59-28-30-61-32-31-60-29-27-58-25-23-56-21-19-54-17-14-38(50)48-39(33(3)4)41(52)47-36(9-7-15-45-42(43)53)40(51)46-35-12-10-34(6-2)11-13-35/h10-13,33,36-37,39,44,49H,5-9,14-32H2,1-4H3,(H,46,51)(H,47,52)(H,48,50)(H3,43,45,53)/t36-,37?,39-/m0/s1. The van der Waals surface area contributed by atoms with Crippen molar-refractivity contribution >= 4 is 29.4 Å². The van der Waals surface area contributed by atoms with Gasteiger partial charge in [0.25, 0.3) is 0 Å². The zero-order chi connectivity index (χ0) is 44.8. The monoisotopic (exact) mass is 873 g/mol. The van der Waals surface area contributed by atoms with Crippen molar-refractivity contribution in [2.45, 2.75) is 84.5 Å². The number of aliphatic hydroxyl groups excluding tert-OH is 1. The van der Waals surface area contributed by atoms with Crippen LogP contribution in [0.15, 0.2) is 24.3 Å². The van der Waals surface area contributed by atoms with Gasteiger partial charge in [-0.25, -0.2) is 4.79 Å². The van der Waals surface area contributed by atoms with Gasteiger partial charge < -0.3 is 70.0 Å². The third-order valence-electron chi connectivity index (χ3n) is 8.76. The minimum atomic E-state index is -0.919. The van der Waals surface area contributed by atoms with E-state index in [0.717, 1.165) is 24.8 Å². The number of hydrogen-bond donors (Lipinski definition) is 7. The van der Waals surface area contributed by atoms with Crippen LogP contribution in [-0.2, 0) is 58.7 Å². The Bertz CT molecular complexity index is 1260. The number of ether oxygens (including phenoxy) is 8. The maximum Gasteiger partial charge on any atom is 0.312 e. The highest BCUT2D eigenvalue weighted by atomic mass is 16.6. The van der Waals surface area contributed by atoms with Crippen molar-refractivity contribution in [3.63, 3.8) is 0 Å². The number of nitrogens with two attached hydrogens (primary N) is 1. The highest BCUT2D eigenvalue weighted by Crippen LogP contribution is 2.12. The molecule has 1 rings (SSSR count). The topological polar surface area (TPSA) is 249 Å². The number of anilines is 1. The molecular formula is C42H76N6O13. The van der Waals surface area contributed by atoms with Gasteiger partial charge in [-0.3, -0.25) is 19.7 Å². The second-order valence-electron chi connectivity index (χ2n) is 14.2. The average Bonchev–Trinajstić information content (AvgIpc) is 3.23. The van der Waals surface area contributed by atoms with Crippen molar-refractivity contribution in [2.75, 3.05) is 124 Å². The van der Waals surface area contributed by atoms with Crippen LogP contribution in [0.1, 0.15) is 65.4 Å². The maximum atomic E-state index is 13.3. The Hall–Kier alpha value is -3.50. The van der Waals surface area contributed by atoms with Crippen LogP contribution in [-0.4, -0.2) is 166 Å². The molecule has 0 radical (unpaired) electrons.